The van der Waals surface area contributed by atoms with Crippen LogP contribution in [0, 0.1) is 0 Å². The Kier molecular flexibility index (Phi) is 26.1. The second-order valence-electron chi connectivity index (χ2n) is 0.250. The average molecular weight is 201 g/mol. The van der Waals surface area contributed by atoms with Crippen molar-refractivity contribution in [2.45, 2.75) is 0 Å². The molecule has 0 radical (unpaired) electrons. The summed E-state index contributed by atoms with van der Waals surface area (Å²) in [6.45, 7) is 0. The molecule has 0 saturated carbocycles. The van der Waals surface area contributed by atoms with E-state index in [1.807, 2.05) is 0 Å². The van der Waals surface area contributed by atoms with Crippen molar-refractivity contribution in [2.75, 3.05) is 0 Å². The van der Waals surface area contributed by atoms with Crippen molar-refractivity contribution in [1.82, 2.24) is 0 Å². The first-order valence-electron chi connectivity index (χ1n) is 0.612. The van der Waals surface area contributed by atoms with Crippen molar-refractivity contribution < 1.29 is 34.8 Å². The Hall–Kier alpha value is 1.87. The van der Waals surface area contributed by atoms with Gasteiger partial charge in [-0.1, -0.05) is 0 Å². The molecule has 0 rings (SSSR count). The van der Waals surface area contributed by atoms with E-state index in [1.54, 1.807) is 0 Å². The van der Waals surface area contributed by atoms with Crippen LogP contribution in [0.15, 0.2) is 0 Å². The maximum Gasteiger partial charge on any atom is 2.00 e. The zero-order valence-corrected chi connectivity index (χ0v) is 7.97. The molecule has 6 heteroatoms. The maximum atomic E-state index is 8.58. The minimum Gasteiger partial charge on any atom is 2.00 e. The Labute approximate surface area is 78.9 Å². The SMILES string of the molecule is O.[O]=[Ti]([O-])[O-].[Sr+2]. The Morgan fingerprint density at radius 2 is 1.33 bits per heavy atom. The van der Waals surface area contributed by atoms with Crippen molar-refractivity contribution in [1.29, 1.82) is 0 Å². The van der Waals surface area contributed by atoms with Gasteiger partial charge in [-0.3, -0.25) is 0 Å². The number of hydrogen-bond donors (Lipinski definition) is 0. The summed E-state index contributed by atoms with van der Waals surface area (Å²) in [7, 11) is 0. The summed E-state index contributed by atoms with van der Waals surface area (Å²) >= 11 is -4.08. The summed E-state index contributed by atoms with van der Waals surface area (Å²) in [5.74, 6) is 0. The molecule has 0 spiro atoms. The third-order valence-electron chi connectivity index (χ3n) is 0. The summed E-state index contributed by atoms with van der Waals surface area (Å²) in [5.41, 5.74) is 0. The van der Waals surface area contributed by atoms with E-state index in [9.17, 15) is 0 Å². The minimum atomic E-state index is -4.08. The molecule has 0 aromatic carbocycles. The predicted octanol–water partition coefficient (Wildman–Crippen LogP) is -3.70. The van der Waals surface area contributed by atoms with Gasteiger partial charge in [0.15, 0.2) is 0 Å². The van der Waals surface area contributed by atoms with Gasteiger partial charge in [0.25, 0.3) is 0 Å². The Morgan fingerprint density at radius 3 is 1.33 bits per heavy atom. The van der Waals surface area contributed by atoms with Crippen LogP contribution in [0.1, 0.15) is 0 Å². The summed E-state index contributed by atoms with van der Waals surface area (Å²) in [5, 5.41) is 0. The first-order chi connectivity index (χ1) is 1.73. The zero-order chi connectivity index (χ0) is 3.58. The topological polar surface area (TPSA) is 94.7 Å². The molecule has 0 fully saturated rings. The van der Waals surface area contributed by atoms with Gasteiger partial charge in [-0.2, -0.15) is 0 Å². The minimum absolute atomic E-state index is 0. The van der Waals surface area contributed by atoms with E-state index < -0.39 is 18.6 Å². The summed E-state index contributed by atoms with van der Waals surface area (Å²) < 4.78 is 25.8. The van der Waals surface area contributed by atoms with E-state index in [0.29, 0.717) is 0 Å². The van der Waals surface area contributed by atoms with E-state index in [1.165, 1.54) is 0 Å². The van der Waals surface area contributed by atoms with Crippen LogP contribution in [-0.4, -0.2) is 51.0 Å². The molecule has 4 nitrogen and oxygen atoms in total. The normalized spacial score (nSPS) is 4.33. The summed E-state index contributed by atoms with van der Waals surface area (Å²) in [6.07, 6.45) is 0. The van der Waals surface area contributed by atoms with Crippen molar-refractivity contribution in [2.24, 2.45) is 0 Å². The first-order valence-corrected chi connectivity index (χ1v) is 2.52. The Morgan fingerprint density at radius 1 is 1.33 bits per heavy atom. The van der Waals surface area contributed by atoms with Gasteiger partial charge in [-0.15, -0.1) is 0 Å². The monoisotopic (exact) mass is 202 g/mol. The van der Waals surface area contributed by atoms with E-state index in [4.69, 9.17) is 10.7 Å². The molecule has 0 atom stereocenters. The molecule has 0 aliphatic rings. The van der Waals surface area contributed by atoms with Crippen LogP contribution in [0.25, 0.3) is 0 Å². The van der Waals surface area contributed by atoms with Crippen LogP contribution < -0.4 is 7.38 Å². The molecule has 0 saturated heterocycles. The largest absolute Gasteiger partial charge is 2.00 e. The van der Waals surface area contributed by atoms with E-state index in [0.717, 1.165) is 0 Å². The zero-order valence-electron chi connectivity index (χ0n) is 2.93. The van der Waals surface area contributed by atoms with Gasteiger partial charge in [0.05, 0.1) is 0 Å². The molecule has 0 bridgehead atoms. The molecule has 0 aromatic rings. The molecule has 32 valence electrons. The molecule has 2 N–H and O–H groups in total. The first kappa shape index (κ1) is 15.7. The van der Waals surface area contributed by atoms with Crippen LogP contribution in [0.4, 0.5) is 0 Å². The molecule has 0 amide bonds. The fourth-order valence-electron chi connectivity index (χ4n) is 0. The van der Waals surface area contributed by atoms with Crippen LogP contribution in [0.5, 0.6) is 0 Å². The Bertz CT molecular complexity index is 30.5. The van der Waals surface area contributed by atoms with Gasteiger partial charge in [0.2, 0.25) is 0 Å². The molecule has 0 unspecified atom stereocenters. The molecular formula is H2O4SrTi. The molecule has 0 aromatic heterocycles. The van der Waals surface area contributed by atoms with Crippen LogP contribution in [0.3, 0.4) is 0 Å². The summed E-state index contributed by atoms with van der Waals surface area (Å²) in [4.78, 5) is 0. The van der Waals surface area contributed by atoms with Crippen molar-refractivity contribution in [3.63, 3.8) is 0 Å². The van der Waals surface area contributed by atoms with Crippen molar-refractivity contribution in [3.8, 4) is 0 Å². The standard InChI is InChI=1S/H2O.3O.Sr.Ti/h1H2;;;;;/q;;2*-1;+2;. The summed E-state index contributed by atoms with van der Waals surface area (Å²) in [6, 6.07) is 0. The smallest absolute Gasteiger partial charge is 2.00 e. The van der Waals surface area contributed by atoms with E-state index in [-0.39, 0.29) is 51.0 Å². The number of rotatable bonds is 0. The second-order valence-corrected chi connectivity index (χ2v) is 1.03. The van der Waals surface area contributed by atoms with Crippen molar-refractivity contribution in [3.05, 3.63) is 0 Å². The number of hydrogen-bond acceptors (Lipinski definition) is 3. The van der Waals surface area contributed by atoms with Gasteiger partial charge in [0, 0.05) is 0 Å². The van der Waals surface area contributed by atoms with Crippen LogP contribution in [0.2, 0.25) is 0 Å². The molecule has 0 aliphatic carbocycles. The third kappa shape index (κ3) is 39.7. The maximum absolute atomic E-state index is 8.58. The van der Waals surface area contributed by atoms with Crippen LogP contribution >= 0.6 is 0 Å². The Balaban J connectivity index is -0.0000000450. The van der Waals surface area contributed by atoms with E-state index in [2.05, 4.69) is 0 Å². The predicted molar refractivity (Wildman–Crippen MR) is 10.1 cm³/mol. The third-order valence-corrected chi connectivity index (χ3v) is 0. The molecule has 0 heterocycles. The van der Waals surface area contributed by atoms with Gasteiger partial charge in [-0.25, -0.2) is 0 Å². The fourth-order valence-corrected chi connectivity index (χ4v) is 0. The van der Waals surface area contributed by atoms with Crippen molar-refractivity contribution >= 4 is 45.5 Å². The average Bonchev–Trinajstić information content (AvgIpc) is 0.811. The quantitative estimate of drug-likeness (QED) is 0.377. The van der Waals surface area contributed by atoms with Gasteiger partial charge < -0.3 is 5.48 Å². The van der Waals surface area contributed by atoms with Gasteiger partial charge in [0.1, 0.15) is 0 Å². The fraction of sp³-hybridized carbons (Fsp3) is 0. The second kappa shape index (κ2) is 9.98. The van der Waals surface area contributed by atoms with E-state index >= 15 is 0 Å². The molecular weight excluding hydrogens is 199 g/mol. The van der Waals surface area contributed by atoms with Crippen LogP contribution in [-0.2, 0) is 21.9 Å². The van der Waals surface area contributed by atoms with Gasteiger partial charge in [-0.05, 0) is 0 Å². The van der Waals surface area contributed by atoms with Gasteiger partial charge >= 0.3 is 74.8 Å². The molecule has 0 aliphatic heterocycles. The molecule has 6 heavy (non-hydrogen) atoms.